The summed E-state index contributed by atoms with van der Waals surface area (Å²) in [6.07, 6.45) is 0. The number of hydrogen-bond acceptors (Lipinski definition) is 2. The van der Waals surface area contributed by atoms with Gasteiger partial charge >= 0.3 is 0 Å². The molecule has 0 spiro atoms. The molecule has 3 nitrogen and oxygen atoms in total. The van der Waals surface area contributed by atoms with E-state index in [2.05, 4.69) is 0 Å². The second kappa shape index (κ2) is 8.88. The summed E-state index contributed by atoms with van der Waals surface area (Å²) in [5.74, 6) is 0.619. The number of nitrogens with two attached hydrogens (primary N) is 1. The van der Waals surface area contributed by atoms with Crippen LogP contribution in [0.5, 0.6) is 0 Å². The number of nitrogens with zero attached hydrogens (tertiary/aromatic N) is 1. The first kappa shape index (κ1) is 15.8. The van der Waals surface area contributed by atoms with Gasteiger partial charge in [0.2, 0.25) is 5.91 Å². The minimum Gasteiger partial charge on any atom is -0.368 e. The van der Waals surface area contributed by atoms with E-state index < -0.39 is 0 Å². The van der Waals surface area contributed by atoms with Crippen LogP contribution in [-0.4, -0.2) is 41.7 Å². The molecule has 1 atom stereocenters. The third-order valence-electron chi connectivity index (χ3n) is 1.70. The Labute approximate surface area is 94.9 Å². The van der Waals surface area contributed by atoms with Crippen LogP contribution in [0.3, 0.4) is 0 Å². The van der Waals surface area contributed by atoms with E-state index in [1.807, 2.05) is 4.90 Å². The maximum atomic E-state index is 10.8. The predicted molar refractivity (Wildman–Crippen MR) is 58.9 cm³/mol. The zero-order valence-corrected chi connectivity index (χ0v) is 9.83. The highest BCUT2D eigenvalue weighted by atomic mass is 35.5. The van der Waals surface area contributed by atoms with Crippen LogP contribution in [0.1, 0.15) is 6.92 Å². The van der Waals surface area contributed by atoms with Gasteiger partial charge in [-0.2, -0.15) is 0 Å². The molecule has 2 N–H and O–H groups in total. The fourth-order valence-corrected chi connectivity index (χ4v) is 1.33. The summed E-state index contributed by atoms with van der Waals surface area (Å²) >= 11 is 11.1. The van der Waals surface area contributed by atoms with E-state index in [9.17, 15) is 4.79 Å². The van der Waals surface area contributed by atoms with E-state index in [4.69, 9.17) is 28.9 Å². The Balaban J connectivity index is 0. The standard InChI is InChI=1S/C7H14Cl2N2O.ClH/c1-6(7(10)12)11(4-2-8)5-3-9;/h6H,2-5H2,1H3,(H2,10,12);1H. The lowest BCUT2D eigenvalue weighted by Gasteiger charge is -2.24. The summed E-state index contributed by atoms with van der Waals surface area (Å²) in [4.78, 5) is 12.6. The first-order chi connectivity index (χ1) is 5.63. The smallest absolute Gasteiger partial charge is 0.234 e. The molecule has 1 unspecified atom stereocenters. The van der Waals surface area contributed by atoms with Crippen LogP contribution < -0.4 is 5.73 Å². The molecule has 0 heterocycles. The molecule has 0 aromatic heterocycles. The summed E-state index contributed by atoms with van der Waals surface area (Å²) in [5.41, 5.74) is 5.13. The molecule has 0 rings (SSSR count). The van der Waals surface area contributed by atoms with Gasteiger partial charge in [0, 0.05) is 24.8 Å². The highest BCUT2D eigenvalue weighted by Crippen LogP contribution is 1.99. The summed E-state index contributed by atoms with van der Waals surface area (Å²) in [5, 5.41) is 0. The Hall–Kier alpha value is 0.300. The number of rotatable bonds is 6. The second-order valence-electron chi connectivity index (χ2n) is 2.49. The van der Waals surface area contributed by atoms with Gasteiger partial charge < -0.3 is 5.73 Å². The quantitative estimate of drug-likeness (QED) is 0.716. The van der Waals surface area contributed by atoms with E-state index in [1.165, 1.54) is 0 Å². The van der Waals surface area contributed by atoms with Crippen molar-refractivity contribution in [3.63, 3.8) is 0 Å². The second-order valence-corrected chi connectivity index (χ2v) is 3.25. The van der Waals surface area contributed by atoms with Crippen molar-refractivity contribution in [2.45, 2.75) is 13.0 Å². The predicted octanol–water partition coefficient (Wildman–Crippen LogP) is 1.06. The van der Waals surface area contributed by atoms with Crippen LogP contribution in [0.2, 0.25) is 0 Å². The van der Waals surface area contributed by atoms with Gasteiger partial charge in [-0.3, -0.25) is 9.69 Å². The molecule has 0 aromatic rings. The highest BCUT2D eigenvalue weighted by molar-refractivity contribution is 6.18. The topological polar surface area (TPSA) is 46.3 Å². The van der Waals surface area contributed by atoms with Gasteiger partial charge in [-0.25, -0.2) is 0 Å². The van der Waals surface area contributed by atoms with E-state index in [0.717, 1.165) is 0 Å². The third kappa shape index (κ3) is 6.38. The minimum atomic E-state index is -0.342. The first-order valence-corrected chi connectivity index (χ1v) is 4.85. The molecule has 80 valence electrons. The molecule has 0 aliphatic rings. The normalized spacial score (nSPS) is 12.3. The van der Waals surface area contributed by atoms with Gasteiger partial charge in [0.05, 0.1) is 6.04 Å². The van der Waals surface area contributed by atoms with Crippen LogP contribution in [0.25, 0.3) is 0 Å². The van der Waals surface area contributed by atoms with Gasteiger partial charge in [0.1, 0.15) is 0 Å². The third-order valence-corrected chi connectivity index (χ3v) is 2.04. The van der Waals surface area contributed by atoms with E-state index in [0.29, 0.717) is 24.8 Å². The lowest BCUT2D eigenvalue weighted by Crippen LogP contribution is -2.44. The molecular weight excluding hydrogens is 234 g/mol. The monoisotopic (exact) mass is 248 g/mol. The zero-order chi connectivity index (χ0) is 9.56. The average molecular weight is 250 g/mol. The Kier molecular flexibility index (Phi) is 10.8. The van der Waals surface area contributed by atoms with E-state index in [1.54, 1.807) is 6.92 Å². The van der Waals surface area contributed by atoms with Crippen molar-refractivity contribution in [1.82, 2.24) is 4.90 Å². The number of amides is 1. The van der Waals surface area contributed by atoms with Crippen molar-refractivity contribution in [2.75, 3.05) is 24.8 Å². The number of alkyl halides is 2. The molecule has 0 aliphatic heterocycles. The summed E-state index contributed by atoms with van der Waals surface area (Å²) in [6.45, 7) is 3.03. The Morgan fingerprint density at radius 1 is 1.38 bits per heavy atom. The molecule has 13 heavy (non-hydrogen) atoms. The van der Waals surface area contributed by atoms with Crippen LogP contribution in [0.4, 0.5) is 0 Å². The van der Waals surface area contributed by atoms with Crippen LogP contribution >= 0.6 is 35.6 Å². The van der Waals surface area contributed by atoms with E-state index in [-0.39, 0.29) is 24.4 Å². The van der Waals surface area contributed by atoms with Crippen LogP contribution in [0.15, 0.2) is 0 Å². The van der Waals surface area contributed by atoms with Gasteiger partial charge in [-0.15, -0.1) is 35.6 Å². The van der Waals surface area contributed by atoms with Crippen LogP contribution in [-0.2, 0) is 4.79 Å². The lowest BCUT2D eigenvalue weighted by atomic mass is 10.3. The van der Waals surface area contributed by atoms with Gasteiger partial charge in [-0.05, 0) is 6.92 Å². The Morgan fingerprint density at radius 2 is 1.77 bits per heavy atom. The van der Waals surface area contributed by atoms with Crippen molar-refractivity contribution >= 4 is 41.5 Å². The zero-order valence-electron chi connectivity index (χ0n) is 7.50. The van der Waals surface area contributed by atoms with Crippen molar-refractivity contribution in [1.29, 1.82) is 0 Å². The summed E-state index contributed by atoms with van der Waals surface area (Å²) in [6, 6.07) is -0.289. The number of carbonyl (C=O) groups excluding carboxylic acids is 1. The molecular formula is C7H15Cl3N2O. The van der Waals surface area contributed by atoms with Gasteiger partial charge in [0.25, 0.3) is 0 Å². The van der Waals surface area contributed by atoms with Crippen molar-refractivity contribution in [3.8, 4) is 0 Å². The van der Waals surface area contributed by atoms with Crippen molar-refractivity contribution < 1.29 is 4.79 Å². The fourth-order valence-electron chi connectivity index (χ4n) is 0.896. The number of carbonyl (C=O) groups is 1. The molecule has 0 saturated heterocycles. The maximum absolute atomic E-state index is 10.8. The number of primary amides is 1. The molecule has 0 radical (unpaired) electrons. The molecule has 0 bridgehead atoms. The highest BCUT2D eigenvalue weighted by Gasteiger charge is 2.16. The summed E-state index contributed by atoms with van der Waals surface area (Å²) < 4.78 is 0. The Morgan fingerprint density at radius 3 is 2.00 bits per heavy atom. The minimum absolute atomic E-state index is 0. The molecule has 0 aliphatic carbocycles. The number of halogens is 3. The van der Waals surface area contributed by atoms with Gasteiger partial charge in [0.15, 0.2) is 0 Å². The van der Waals surface area contributed by atoms with Crippen molar-refractivity contribution in [3.05, 3.63) is 0 Å². The molecule has 0 saturated carbocycles. The molecule has 6 heteroatoms. The van der Waals surface area contributed by atoms with E-state index >= 15 is 0 Å². The van der Waals surface area contributed by atoms with Gasteiger partial charge in [-0.1, -0.05) is 0 Å². The average Bonchev–Trinajstić information content (AvgIpc) is 2.03. The van der Waals surface area contributed by atoms with Crippen LogP contribution in [0, 0.1) is 0 Å². The Bertz CT molecular complexity index is 140. The SMILES string of the molecule is CC(C(N)=O)N(CCCl)CCCl.Cl. The first-order valence-electron chi connectivity index (χ1n) is 3.78. The molecule has 1 amide bonds. The molecule has 0 fully saturated rings. The summed E-state index contributed by atoms with van der Waals surface area (Å²) in [7, 11) is 0. The largest absolute Gasteiger partial charge is 0.368 e. The number of hydrogen-bond donors (Lipinski definition) is 1. The lowest BCUT2D eigenvalue weighted by molar-refractivity contribution is -0.122. The van der Waals surface area contributed by atoms with Crippen molar-refractivity contribution in [2.24, 2.45) is 5.73 Å². The fraction of sp³-hybridized carbons (Fsp3) is 0.857. The molecule has 0 aromatic carbocycles. The maximum Gasteiger partial charge on any atom is 0.234 e.